The average Bonchev–Trinajstić information content (AvgIpc) is 3.56. The zero-order valence-electron chi connectivity index (χ0n) is 17.4. The van der Waals surface area contributed by atoms with Crippen LogP contribution in [0.25, 0.3) is 43.6 Å². The van der Waals surface area contributed by atoms with Crippen LogP contribution in [0, 0.1) is 0 Å². The van der Waals surface area contributed by atoms with Gasteiger partial charge in [-0.1, -0.05) is 30.4 Å². The Morgan fingerprint density at radius 2 is 1.81 bits per heavy atom. The standard InChI is InChI=1S/C26H19N3O3/c1-32-14-10-11-17-16(12-14)19-21-22(26(31)28-25(21)30)20-15-8-4-5-9-18(15)29(13-6-2-3-7-13)24(20)23(19)27-17/h2,4-6,8-13,27H,3,7H2,1H3,(H,28,30,31). The number of benzene rings is 3. The van der Waals surface area contributed by atoms with Crippen LogP contribution in [0.15, 0.2) is 54.6 Å². The van der Waals surface area contributed by atoms with E-state index in [9.17, 15) is 9.59 Å². The molecule has 6 heteroatoms. The van der Waals surface area contributed by atoms with Crippen molar-refractivity contribution in [2.45, 2.75) is 18.9 Å². The summed E-state index contributed by atoms with van der Waals surface area (Å²) in [7, 11) is 1.62. The number of amides is 2. The number of hydrogen-bond acceptors (Lipinski definition) is 3. The minimum absolute atomic E-state index is 0.194. The maximum Gasteiger partial charge on any atom is 0.259 e. The average molecular weight is 421 g/mol. The highest BCUT2D eigenvalue weighted by molar-refractivity contribution is 6.39. The second kappa shape index (κ2) is 6.01. The van der Waals surface area contributed by atoms with E-state index in [1.54, 1.807) is 7.11 Å². The molecule has 1 aliphatic heterocycles. The molecule has 0 saturated heterocycles. The van der Waals surface area contributed by atoms with Crippen LogP contribution in [0.1, 0.15) is 39.6 Å². The number of rotatable bonds is 2. The SMILES string of the molecule is COc1ccc2[nH]c3c(c4c(c5c6ccccc6n(C6C=CCC6)c35)C(=O)NC4=O)c2c1. The van der Waals surface area contributed by atoms with Gasteiger partial charge in [0, 0.05) is 32.6 Å². The van der Waals surface area contributed by atoms with Gasteiger partial charge in [-0.2, -0.15) is 0 Å². The van der Waals surface area contributed by atoms with Crippen LogP contribution >= 0.6 is 0 Å². The molecule has 0 saturated carbocycles. The Morgan fingerprint density at radius 3 is 2.59 bits per heavy atom. The number of nitrogens with zero attached hydrogens (tertiary/aromatic N) is 1. The fourth-order valence-corrected chi connectivity index (χ4v) is 5.61. The summed E-state index contributed by atoms with van der Waals surface area (Å²) in [6, 6.07) is 14.1. The van der Waals surface area contributed by atoms with Crippen LogP contribution in [0.2, 0.25) is 0 Å². The molecule has 1 aliphatic carbocycles. The second-order valence-electron chi connectivity index (χ2n) is 8.50. The summed E-state index contributed by atoms with van der Waals surface area (Å²) in [6.45, 7) is 0. The zero-order chi connectivity index (χ0) is 21.6. The lowest BCUT2D eigenvalue weighted by Gasteiger charge is -2.15. The Balaban J connectivity index is 1.81. The van der Waals surface area contributed by atoms with Gasteiger partial charge in [-0.25, -0.2) is 0 Å². The monoisotopic (exact) mass is 421 g/mol. The third-order valence-electron chi connectivity index (χ3n) is 6.90. The molecule has 2 amide bonds. The summed E-state index contributed by atoms with van der Waals surface area (Å²) >= 11 is 0. The van der Waals surface area contributed by atoms with E-state index in [2.05, 4.69) is 33.1 Å². The van der Waals surface area contributed by atoms with Crippen LogP contribution in [-0.4, -0.2) is 28.5 Å². The van der Waals surface area contributed by atoms with Crippen molar-refractivity contribution < 1.29 is 14.3 Å². The van der Waals surface area contributed by atoms with E-state index < -0.39 is 0 Å². The first-order chi connectivity index (χ1) is 15.7. The number of ether oxygens (including phenoxy) is 1. The number of hydrogen-bond donors (Lipinski definition) is 2. The highest BCUT2D eigenvalue weighted by Crippen LogP contribution is 2.45. The first-order valence-electron chi connectivity index (χ1n) is 10.8. The van der Waals surface area contributed by atoms with Crippen LogP contribution in [0.3, 0.4) is 0 Å². The van der Waals surface area contributed by atoms with Crippen molar-refractivity contribution >= 4 is 55.4 Å². The van der Waals surface area contributed by atoms with E-state index >= 15 is 0 Å². The van der Waals surface area contributed by atoms with Crippen LogP contribution in [-0.2, 0) is 0 Å². The summed E-state index contributed by atoms with van der Waals surface area (Å²) in [4.78, 5) is 29.7. The largest absolute Gasteiger partial charge is 0.497 e. The van der Waals surface area contributed by atoms with E-state index in [-0.39, 0.29) is 17.9 Å². The van der Waals surface area contributed by atoms with Gasteiger partial charge in [0.05, 0.1) is 35.3 Å². The Kier molecular flexibility index (Phi) is 3.30. The van der Waals surface area contributed by atoms with Gasteiger partial charge in [-0.15, -0.1) is 0 Å². The number of H-pyrrole nitrogens is 1. The fourth-order valence-electron chi connectivity index (χ4n) is 5.61. The molecule has 2 aliphatic rings. The summed E-state index contributed by atoms with van der Waals surface area (Å²) < 4.78 is 7.79. The van der Waals surface area contributed by atoms with Crippen molar-refractivity contribution in [2.75, 3.05) is 7.11 Å². The summed E-state index contributed by atoms with van der Waals surface area (Å²) in [5.74, 6) is 0.0217. The Hall–Kier alpha value is -4.06. The van der Waals surface area contributed by atoms with Gasteiger partial charge >= 0.3 is 0 Å². The van der Waals surface area contributed by atoms with Gasteiger partial charge in [0.25, 0.3) is 11.8 Å². The minimum Gasteiger partial charge on any atom is -0.497 e. The molecule has 3 aromatic carbocycles. The number of fused-ring (bicyclic) bond motifs is 10. The van der Waals surface area contributed by atoms with Crippen molar-refractivity contribution in [3.63, 3.8) is 0 Å². The second-order valence-corrected chi connectivity index (χ2v) is 8.50. The van der Waals surface area contributed by atoms with Gasteiger partial charge in [-0.3, -0.25) is 14.9 Å². The molecule has 6 nitrogen and oxygen atoms in total. The molecule has 1 unspecified atom stereocenters. The lowest BCUT2D eigenvalue weighted by atomic mass is 9.96. The number of allylic oxidation sites excluding steroid dienone is 2. The van der Waals surface area contributed by atoms with Crippen LogP contribution in [0.5, 0.6) is 5.75 Å². The van der Waals surface area contributed by atoms with E-state index in [0.717, 1.165) is 56.5 Å². The van der Waals surface area contributed by atoms with E-state index in [1.807, 2.05) is 36.4 Å². The first kappa shape index (κ1) is 17.6. The molecule has 156 valence electrons. The predicted octanol–water partition coefficient (Wildman–Crippen LogP) is 5.21. The van der Waals surface area contributed by atoms with E-state index in [1.165, 1.54) is 0 Å². The number of carbonyl (C=O) groups excluding carboxylic acids is 2. The Bertz CT molecular complexity index is 1690. The number of nitrogens with one attached hydrogen (secondary N) is 2. The quantitative estimate of drug-likeness (QED) is 0.303. The van der Waals surface area contributed by atoms with Crippen LogP contribution < -0.4 is 10.1 Å². The first-order valence-corrected chi connectivity index (χ1v) is 10.8. The van der Waals surface area contributed by atoms with Crippen molar-refractivity contribution in [1.82, 2.24) is 14.9 Å². The fraction of sp³-hybridized carbons (Fsp3) is 0.154. The van der Waals surface area contributed by atoms with Gasteiger partial charge in [0.2, 0.25) is 0 Å². The van der Waals surface area contributed by atoms with E-state index in [4.69, 9.17) is 4.74 Å². The molecule has 0 bridgehead atoms. The maximum atomic E-state index is 13.1. The normalized spacial score (nSPS) is 17.8. The van der Waals surface area contributed by atoms with E-state index in [0.29, 0.717) is 16.9 Å². The van der Waals surface area contributed by atoms with Crippen molar-refractivity contribution in [3.05, 3.63) is 65.7 Å². The van der Waals surface area contributed by atoms with Crippen molar-refractivity contribution in [1.29, 1.82) is 0 Å². The molecule has 32 heavy (non-hydrogen) atoms. The number of carbonyl (C=O) groups is 2. The molecule has 1 atom stereocenters. The number of methoxy groups -OCH3 is 1. The van der Waals surface area contributed by atoms with Gasteiger partial charge < -0.3 is 14.3 Å². The minimum atomic E-state index is -0.349. The van der Waals surface area contributed by atoms with Gasteiger partial charge in [0.1, 0.15) is 5.75 Å². The smallest absolute Gasteiger partial charge is 0.259 e. The Labute approximate surface area is 182 Å². The number of imide groups is 1. The summed E-state index contributed by atoms with van der Waals surface area (Å²) in [5, 5.41) is 6.02. The lowest BCUT2D eigenvalue weighted by molar-refractivity contribution is 0.0880. The van der Waals surface area contributed by atoms with Crippen molar-refractivity contribution in [2.24, 2.45) is 0 Å². The van der Waals surface area contributed by atoms with Gasteiger partial charge in [-0.05, 0) is 37.1 Å². The number of aromatic nitrogens is 2. The molecular formula is C26H19N3O3. The third kappa shape index (κ3) is 2.04. The van der Waals surface area contributed by atoms with Gasteiger partial charge in [0.15, 0.2) is 0 Å². The number of aromatic amines is 1. The van der Waals surface area contributed by atoms with Crippen LogP contribution in [0.4, 0.5) is 0 Å². The maximum absolute atomic E-state index is 13.1. The molecule has 7 rings (SSSR count). The lowest BCUT2D eigenvalue weighted by Crippen LogP contribution is -2.20. The molecule has 5 aromatic rings. The summed E-state index contributed by atoms with van der Waals surface area (Å²) in [6.07, 6.45) is 6.48. The van der Waals surface area contributed by atoms with Crippen molar-refractivity contribution in [3.8, 4) is 5.75 Å². The summed E-state index contributed by atoms with van der Waals surface area (Å²) in [5.41, 5.74) is 4.73. The molecule has 2 N–H and O–H groups in total. The molecule has 0 radical (unpaired) electrons. The highest BCUT2D eigenvalue weighted by Gasteiger charge is 2.36. The molecule has 3 heterocycles. The number of para-hydroxylation sites is 1. The molecule has 0 spiro atoms. The molecule has 0 fully saturated rings. The third-order valence-corrected chi connectivity index (χ3v) is 6.90. The topological polar surface area (TPSA) is 76.1 Å². The zero-order valence-corrected chi connectivity index (χ0v) is 17.4. The Morgan fingerprint density at radius 1 is 1.00 bits per heavy atom. The predicted molar refractivity (Wildman–Crippen MR) is 125 cm³/mol. The molecule has 2 aromatic heterocycles. The molecular weight excluding hydrogens is 402 g/mol. The highest BCUT2D eigenvalue weighted by atomic mass is 16.5.